The molecule has 35 heavy (non-hydrogen) atoms. The Kier molecular flexibility index (Phi) is 7.32. The second-order valence-corrected chi connectivity index (χ2v) is 8.23. The molecule has 6 nitrogen and oxygen atoms in total. The van der Waals surface area contributed by atoms with Gasteiger partial charge in [0.15, 0.2) is 0 Å². The summed E-state index contributed by atoms with van der Waals surface area (Å²) in [6, 6.07) is 16.7. The van der Waals surface area contributed by atoms with E-state index >= 15 is 0 Å². The third-order valence-corrected chi connectivity index (χ3v) is 5.86. The first-order valence-electron chi connectivity index (χ1n) is 11.1. The molecule has 3 aromatic carbocycles. The summed E-state index contributed by atoms with van der Waals surface area (Å²) in [5.74, 6) is 1.68. The number of hydrogen-bond acceptors (Lipinski definition) is 5. The molecule has 0 bridgehead atoms. The number of carbonyl (C=O) groups is 1. The van der Waals surface area contributed by atoms with Crippen LogP contribution in [0.3, 0.4) is 0 Å². The van der Waals surface area contributed by atoms with Crippen LogP contribution in [0.15, 0.2) is 71.4 Å². The summed E-state index contributed by atoms with van der Waals surface area (Å²) >= 11 is 6.17. The van der Waals surface area contributed by atoms with Crippen molar-refractivity contribution in [1.82, 2.24) is 0 Å². The van der Waals surface area contributed by atoms with Gasteiger partial charge in [0, 0.05) is 34.3 Å². The van der Waals surface area contributed by atoms with Crippen molar-refractivity contribution < 1.29 is 23.4 Å². The van der Waals surface area contributed by atoms with E-state index in [2.05, 4.69) is 5.32 Å². The Morgan fingerprint density at radius 2 is 1.80 bits per heavy atom. The molecule has 4 aromatic rings. The molecule has 0 spiro atoms. The van der Waals surface area contributed by atoms with Gasteiger partial charge in [0.05, 0.1) is 32.1 Å². The Morgan fingerprint density at radius 1 is 1.03 bits per heavy atom. The molecule has 1 amide bonds. The van der Waals surface area contributed by atoms with Crippen molar-refractivity contribution in [3.63, 3.8) is 0 Å². The number of methoxy groups -OCH3 is 2. The predicted molar refractivity (Wildman–Crippen MR) is 140 cm³/mol. The van der Waals surface area contributed by atoms with E-state index in [-0.39, 0.29) is 5.91 Å². The highest BCUT2D eigenvalue weighted by Crippen LogP contribution is 2.38. The Bertz CT molecular complexity index is 1390. The smallest absolute Gasteiger partial charge is 0.248 e. The zero-order valence-corrected chi connectivity index (χ0v) is 20.7. The van der Waals surface area contributed by atoms with Gasteiger partial charge in [-0.05, 0) is 61.4 Å². The van der Waals surface area contributed by atoms with Gasteiger partial charge >= 0.3 is 0 Å². The average Bonchev–Trinajstić information content (AvgIpc) is 3.26. The van der Waals surface area contributed by atoms with Gasteiger partial charge in [-0.1, -0.05) is 23.7 Å². The maximum atomic E-state index is 12.8. The molecule has 0 fully saturated rings. The summed E-state index contributed by atoms with van der Waals surface area (Å²) in [4.78, 5) is 12.8. The van der Waals surface area contributed by atoms with Crippen LogP contribution in [0.1, 0.15) is 19.4 Å². The summed E-state index contributed by atoms with van der Waals surface area (Å²) in [5, 5.41) is 4.18. The number of benzene rings is 3. The zero-order valence-electron chi connectivity index (χ0n) is 20.0. The minimum Gasteiger partial charge on any atom is -0.497 e. The molecule has 4 rings (SSSR count). The Hall–Kier alpha value is -3.90. The van der Waals surface area contributed by atoms with Gasteiger partial charge in [-0.25, -0.2) is 0 Å². The maximum Gasteiger partial charge on any atom is 0.248 e. The quantitative estimate of drug-likeness (QED) is 0.264. The summed E-state index contributed by atoms with van der Waals surface area (Å²) in [7, 11) is 3.18. The molecule has 180 valence electrons. The van der Waals surface area contributed by atoms with E-state index in [9.17, 15) is 4.79 Å². The van der Waals surface area contributed by atoms with Gasteiger partial charge < -0.3 is 23.9 Å². The molecular formula is C28H26ClNO5. The number of halogens is 1. The van der Waals surface area contributed by atoms with Gasteiger partial charge in [0.2, 0.25) is 5.91 Å². The van der Waals surface area contributed by atoms with Crippen LogP contribution in [-0.2, 0) is 4.79 Å². The lowest BCUT2D eigenvalue weighted by Gasteiger charge is -2.12. The molecule has 0 atom stereocenters. The molecule has 0 saturated heterocycles. The van der Waals surface area contributed by atoms with Crippen molar-refractivity contribution >= 4 is 39.7 Å². The number of amides is 1. The Labute approximate surface area is 209 Å². The van der Waals surface area contributed by atoms with Crippen molar-refractivity contribution in [2.45, 2.75) is 13.8 Å². The molecule has 1 heterocycles. The third kappa shape index (κ3) is 5.28. The van der Waals surface area contributed by atoms with Crippen LogP contribution in [0.5, 0.6) is 17.2 Å². The highest BCUT2D eigenvalue weighted by Gasteiger charge is 2.16. The van der Waals surface area contributed by atoms with Gasteiger partial charge in [-0.15, -0.1) is 0 Å². The van der Waals surface area contributed by atoms with Crippen LogP contribution < -0.4 is 19.5 Å². The van der Waals surface area contributed by atoms with Crippen LogP contribution in [0.4, 0.5) is 5.69 Å². The highest BCUT2D eigenvalue weighted by atomic mass is 35.5. The first-order chi connectivity index (χ1) is 16.9. The summed E-state index contributed by atoms with van der Waals surface area (Å²) in [6.45, 7) is 4.27. The summed E-state index contributed by atoms with van der Waals surface area (Å²) < 4.78 is 22.1. The number of nitrogens with one attached hydrogen (secondary N) is 1. The van der Waals surface area contributed by atoms with Crippen LogP contribution in [0.2, 0.25) is 5.02 Å². The molecule has 1 aromatic heterocycles. The van der Waals surface area contributed by atoms with E-state index in [1.165, 1.54) is 6.08 Å². The van der Waals surface area contributed by atoms with Gasteiger partial charge in [-0.3, -0.25) is 4.79 Å². The van der Waals surface area contributed by atoms with E-state index in [0.29, 0.717) is 34.4 Å². The molecule has 7 heteroatoms. The lowest BCUT2D eigenvalue weighted by Crippen LogP contribution is -2.09. The third-order valence-electron chi connectivity index (χ3n) is 5.57. The molecule has 0 aliphatic rings. The fraction of sp³-hybridized carbons (Fsp3) is 0.179. The van der Waals surface area contributed by atoms with Crippen LogP contribution >= 0.6 is 11.6 Å². The molecule has 0 aliphatic heterocycles. The standard InChI is InChI=1S/C28H26ClNO5/c1-5-34-26-15-27-22(23(16-35-27)18-6-9-20(32-3)10-7-18)14-21(26)17(2)12-28(31)30-19-8-11-25(33-4)24(29)13-19/h6-16H,5H2,1-4H3,(H,30,31)/b17-12+. The normalized spacial score (nSPS) is 11.4. The molecule has 1 N–H and O–H groups in total. The predicted octanol–water partition coefficient (Wildman–Crippen LogP) is 7.21. The van der Waals surface area contributed by atoms with Crippen molar-refractivity contribution in [2.24, 2.45) is 0 Å². The lowest BCUT2D eigenvalue weighted by atomic mass is 9.99. The van der Waals surface area contributed by atoms with Gasteiger partial charge in [0.25, 0.3) is 0 Å². The minimum atomic E-state index is -0.283. The van der Waals surface area contributed by atoms with Gasteiger partial charge in [0.1, 0.15) is 22.8 Å². The molecule has 0 unspecified atom stereocenters. The Morgan fingerprint density at radius 3 is 2.46 bits per heavy atom. The lowest BCUT2D eigenvalue weighted by molar-refractivity contribution is -0.111. The van der Waals surface area contributed by atoms with E-state index in [1.807, 2.05) is 50.2 Å². The van der Waals surface area contributed by atoms with Gasteiger partial charge in [-0.2, -0.15) is 0 Å². The fourth-order valence-electron chi connectivity index (χ4n) is 3.83. The molecule has 0 saturated carbocycles. The van der Waals surface area contributed by atoms with E-state index in [4.69, 9.17) is 30.2 Å². The topological polar surface area (TPSA) is 69.9 Å². The van der Waals surface area contributed by atoms with Crippen LogP contribution in [-0.4, -0.2) is 26.7 Å². The number of anilines is 1. The zero-order chi connectivity index (χ0) is 24.9. The molecule has 0 radical (unpaired) electrons. The van der Waals surface area contributed by atoms with Crippen LogP contribution in [0.25, 0.3) is 27.7 Å². The number of ether oxygens (including phenoxy) is 3. The molecule has 0 aliphatic carbocycles. The number of hydrogen-bond donors (Lipinski definition) is 1. The number of fused-ring (bicyclic) bond motifs is 1. The minimum absolute atomic E-state index is 0.283. The van der Waals surface area contributed by atoms with E-state index in [1.54, 1.807) is 38.7 Å². The number of allylic oxidation sites excluding steroid dienone is 1. The monoisotopic (exact) mass is 491 g/mol. The number of furan rings is 1. The number of rotatable bonds is 8. The fourth-order valence-corrected chi connectivity index (χ4v) is 4.09. The van der Waals surface area contributed by atoms with Crippen molar-refractivity contribution in [1.29, 1.82) is 0 Å². The van der Waals surface area contributed by atoms with E-state index < -0.39 is 0 Å². The largest absolute Gasteiger partial charge is 0.497 e. The maximum absolute atomic E-state index is 12.8. The second kappa shape index (κ2) is 10.6. The second-order valence-electron chi connectivity index (χ2n) is 7.82. The summed E-state index contributed by atoms with van der Waals surface area (Å²) in [5.41, 5.74) is 4.76. The number of carbonyl (C=O) groups excluding carboxylic acids is 1. The summed E-state index contributed by atoms with van der Waals surface area (Å²) in [6.07, 6.45) is 3.26. The highest BCUT2D eigenvalue weighted by molar-refractivity contribution is 6.32. The van der Waals surface area contributed by atoms with Crippen LogP contribution in [0, 0.1) is 0 Å². The first-order valence-corrected chi connectivity index (χ1v) is 11.5. The van der Waals surface area contributed by atoms with E-state index in [0.717, 1.165) is 33.4 Å². The Balaban J connectivity index is 1.68. The van der Waals surface area contributed by atoms with Crippen molar-refractivity contribution in [3.8, 4) is 28.4 Å². The van der Waals surface area contributed by atoms with Crippen molar-refractivity contribution in [3.05, 3.63) is 77.5 Å². The van der Waals surface area contributed by atoms with Crippen molar-refractivity contribution in [2.75, 3.05) is 26.1 Å². The average molecular weight is 492 g/mol. The first kappa shape index (κ1) is 24.2. The molecular weight excluding hydrogens is 466 g/mol. The SMILES string of the molecule is CCOc1cc2occ(-c3ccc(OC)cc3)c2cc1/C(C)=C/C(=O)Nc1ccc(OC)c(Cl)c1.